The zero-order valence-electron chi connectivity index (χ0n) is 15.2. The van der Waals surface area contributed by atoms with Crippen molar-refractivity contribution in [3.63, 3.8) is 0 Å². The third kappa shape index (κ3) is 6.73. The Morgan fingerprint density at radius 1 is 1.04 bits per heavy atom. The van der Waals surface area contributed by atoms with Crippen LogP contribution in [0.15, 0.2) is 71.6 Å². The molecule has 0 unspecified atom stereocenters. The van der Waals surface area contributed by atoms with E-state index in [9.17, 15) is 0 Å². The van der Waals surface area contributed by atoms with Crippen molar-refractivity contribution >= 4 is 5.69 Å². The molecule has 4 nitrogen and oxygen atoms in total. The second kappa shape index (κ2) is 10.2. The summed E-state index contributed by atoms with van der Waals surface area (Å²) in [6.45, 7) is 5.32. The molecule has 134 valence electrons. The molecule has 6 N–H and O–H groups in total. The maximum absolute atomic E-state index is 9.05. The van der Waals surface area contributed by atoms with E-state index in [1.807, 2.05) is 18.2 Å². The van der Waals surface area contributed by atoms with Crippen LogP contribution in [0.4, 0.5) is 5.69 Å². The molecule has 0 saturated carbocycles. The second-order valence-corrected chi connectivity index (χ2v) is 5.85. The fraction of sp³-hybridized carbons (Fsp3) is 0.238. The van der Waals surface area contributed by atoms with Crippen LogP contribution in [0.3, 0.4) is 0 Å². The molecule has 4 heteroatoms. The predicted molar refractivity (Wildman–Crippen MR) is 106 cm³/mol. The van der Waals surface area contributed by atoms with Crippen molar-refractivity contribution in [1.29, 1.82) is 0 Å². The fourth-order valence-corrected chi connectivity index (χ4v) is 2.10. The van der Waals surface area contributed by atoms with Gasteiger partial charge in [0, 0.05) is 16.9 Å². The Bertz CT molecular complexity index is 728. The largest absolute Gasteiger partial charge is 0.508 e. The summed E-state index contributed by atoms with van der Waals surface area (Å²) >= 11 is 0. The highest BCUT2D eigenvalue weighted by Crippen LogP contribution is 2.25. The van der Waals surface area contributed by atoms with Gasteiger partial charge in [0.25, 0.3) is 0 Å². The van der Waals surface area contributed by atoms with Gasteiger partial charge in [0.2, 0.25) is 0 Å². The molecule has 0 saturated heterocycles. The van der Waals surface area contributed by atoms with Crippen LogP contribution in [0.25, 0.3) is 11.1 Å². The van der Waals surface area contributed by atoms with Crippen molar-refractivity contribution in [2.75, 3.05) is 12.3 Å². The van der Waals surface area contributed by atoms with Gasteiger partial charge >= 0.3 is 0 Å². The molecule has 0 bridgehead atoms. The van der Waals surface area contributed by atoms with Crippen molar-refractivity contribution in [3.05, 3.63) is 77.2 Å². The highest BCUT2D eigenvalue weighted by molar-refractivity contribution is 5.76. The summed E-state index contributed by atoms with van der Waals surface area (Å²) in [6.07, 6.45) is 2.48. The number of hydrogen-bond donors (Lipinski definition) is 4. The molecule has 0 amide bonds. The van der Waals surface area contributed by atoms with Crippen molar-refractivity contribution in [2.45, 2.75) is 27.2 Å². The zero-order valence-corrected chi connectivity index (χ0v) is 15.2. The quantitative estimate of drug-likeness (QED) is 0.382. The Hall–Kier alpha value is -2.72. The minimum absolute atomic E-state index is 0.0440. The molecular formula is C21H28N2O2. The third-order valence-electron chi connectivity index (χ3n) is 3.67. The third-order valence-corrected chi connectivity index (χ3v) is 3.67. The molecule has 0 spiro atoms. The molecule has 0 radical (unpaired) electrons. The number of aryl methyl sites for hydroxylation is 1. The summed E-state index contributed by atoms with van der Waals surface area (Å²) in [4.78, 5) is 0. The number of benzene rings is 2. The SMILES string of the molecule is C/C(CO)=C(O)\C=C(/C)N.CCc1ccc(-c2ccccc2N)cc1. The van der Waals surface area contributed by atoms with Gasteiger partial charge in [0.05, 0.1) is 6.61 Å². The van der Waals surface area contributed by atoms with Crippen molar-refractivity contribution in [1.82, 2.24) is 0 Å². The van der Waals surface area contributed by atoms with Gasteiger partial charge < -0.3 is 21.7 Å². The lowest BCUT2D eigenvalue weighted by Gasteiger charge is -2.06. The van der Waals surface area contributed by atoms with E-state index < -0.39 is 0 Å². The Balaban J connectivity index is 0.000000275. The lowest BCUT2D eigenvalue weighted by Crippen LogP contribution is -1.95. The van der Waals surface area contributed by atoms with E-state index in [1.54, 1.807) is 13.8 Å². The molecule has 0 aliphatic heterocycles. The second-order valence-electron chi connectivity index (χ2n) is 5.85. The highest BCUT2D eigenvalue weighted by Gasteiger charge is 2.00. The number of nitrogen functional groups attached to an aromatic ring is 1. The molecule has 0 atom stereocenters. The average molecular weight is 340 g/mol. The van der Waals surface area contributed by atoms with E-state index in [-0.39, 0.29) is 12.4 Å². The number of anilines is 1. The van der Waals surface area contributed by atoms with Crippen LogP contribution in [0, 0.1) is 0 Å². The molecule has 0 heterocycles. The van der Waals surface area contributed by atoms with Gasteiger partial charge in [-0.1, -0.05) is 49.4 Å². The molecule has 2 aromatic carbocycles. The van der Waals surface area contributed by atoms with Gasteiger partial charge in [-0.25, -0.2) is 0 Å². The number of nitrogens with two attached hydrogens (primary N) is 2. The first-order valence-corrected chi connectivity index (χ1v) is 8.26. The molecule has 2 aromatic rings. The topological polar surface area (TPSA) is 92.5 Å². The summed E-state index contributed by atoms with van der Waals surface area (Å²) in [5.74, 6) is 0.0440. The minimum atomic E-state index is -0.143. The summed E-state index contributed by atoms with van der Waals surface area (Å²) in [6, 6.07) is 16.5. The van der Waals surface area contributed by atoms with Crippen LogP contribution in [0.2, 0.25) is 0 Å². The monoisotopic (exact) mass is 340 g/mol. The average Bonchev–Trinajstić information content (AvgIpc) is 2.61. The highest BCUT2D eigenvalue weighted by atomic mass is 16.3. The Morgan fingerprint density at radius 2 is 1.64 bits per heavy atom. The molecule has 2 rings (SSSR count). The summed E-state index contributed by atoms with van der Waals surface area (Å²) in [7, 11) is 0. The predicted octanol–water partition coefficient (Wildman–Crippen LogP) is 4.17. The van der Waals surface area contributed by atoms with Crippen LogP contribution >= 0.6 is 0 Å². The number of hydrogen-bond acceptors (Lipinski definition) is 4. The van der Waals surface area contributed by atoms with Crippen molar-refractivity contribution in [3.8, 4) is 11.1 Å². The number of para-hydroxylation sites is 1. The van der Waals surface area contributed by atoms with E-state index in [1.165, 1.54) is 17.2 Å². The van der Waals surface area contributed by atoms with E-state index in [2.05, 4.69) is 37.3 Å². The summed E-state index contributed by atoms with van der Waals surface area (Å²) in [5.41, 5.74) is 16.7. The van der Waals surface area contributed by atoms with E-state index in [4.69, 9.17) is 21.7 Å². The Kier molecular flexibility index (Phi) is 8.30. The van der Waals surface area contributed by atoms with Crippen LogP contribution in [0.5, 0.6) is 0 Å². The number of aliphatic hydroxyl groups is 2. The van der Waals surface area contributed by atoms with Crippen LogP contribution in [-0.4, -0.2) is 16.8 Å². The first-order valence-electron chi connectivity index (χ1n) is 8.26. The summed E-state index contributed by atoms with van der Waals surface area (Å²) in [5, 5.41) is 17.6. The van der Waals surface area contributed by atoms with Gasteiger partial charge in [-0.15, -0.1) is 0 Å². The number of aliphatic hydroxyl groups excluding tert-OH is 2. The van der Waals surface area contributed by atoms with Crippen LogP contribution in [-0.2, 0) is 6.42 Å². The zero-order chi connectivity index (χ0) is 18.8. The molecular weight excluding hydrogens is 312 g/mol. The molecule has 25 heavy (non-hydrogen) atoms. The first kappa shape index (κ1) is 20.3. The number of allylic oxidation sites excluding steroid dienone is 2. The van der Waals surface area contributed by atoms with Gasteiger partial charge in [-0.05, 0) is 49.1 Å². The molecule has 0 aliphatic carbocycles. The lowest BCUT2D eigenvalue weighted by atomic mass is 10.0. The normalized spacial score (nSPS) is 12.1. The molecule has 0 aliphatic rings. The van der Waals surface area contributed by atoms with Gasteiger partial charge in [-0.2, -0.15) is 0 Å². The Morgan fingerprint density at radius 3 is 2.12 bits per heavy atom. The van der Waals surface area contributed by atoms with Crippen LogP contribution < -0.4 is 11.5 Å². The van der Waals surface area contributed by atoms with E-state index in [0.29, 0.717) is 11.3 Å². The van der Waals surface area contributed by atoms with E-state index >= 15 is 0 Å². The fourth-order valence-electron chi connectivity index (χ4n) is 2.10. The van der Waals surface area contributed by atoms with Crippen LogP contribution in [0.1, 0.15) is 26.3 Å². The van der Waals surface area contributed by atoms with Gasteiger partial charge in [0.15, 0.2) is 0 Å². The van der Waals surface area contributed by atoms with E-state index in [0.717, 1.165) is 17.7 Å². The lowest BCUT2D eigenvalue weighted by molar-refractivity contribution is 0.318. The van der Waals surface area contributed by atoms with Gasteiger partial charge in [-0.3, -0.25) is 0 Å². The molecule has 0 fully saturated rings. The first-order chi connectivity index (χ1) is 11.9. The molecule has 0 aromatic heterocycles. The standard InChI is InChI=1S/C14H15N.C7H13NO2/c1-2-11-7-9-12(10-8-11)13-5-3-4-6-14(13)15;1-5(4-9)7(10)3-6(2)8/h3-10H,2,15H2,1H3;3,9-10H,4,8H2,1-2H3/b;6-3+,7-5-. The maximum atomic E-state index is 9.05. The summed E-state index contributed by atoms with van der Waals surface area (Å²) < 4.78 is 0. The smallest absolute Gasteiger partial charge is 0.118 e. The maximum Gasteiger partial charge on any atom is 0.118 e. The van der Waals surface area contributed by atoms with Crippen molar-refractivity contribution < 1.29 is 10.2 Å². The van der Waals surface area contributed by atoms with Gasteiger partial charge in [0.1, 0.15) is 5.76 Å². The number of rotatable bonds is 4. The minimum Gasteiger partial charge on any atom is -0.508 e. The Labute approximate surface area is 150 Å². The van der Waals surface area contributed by atoms with Crippen molar-refractivity contribution in [2.24, 2.45) is 5.73 Å².